The smallest absolute Gasteiger partial charge is 0.338 e. The number of aliphatic hydroxyl groups is 4. The maximum Gasteiger partial charge on any atom is 0.338 e. The molecule has 2 saturated heterocycles. The third-order valence-electron chi connectivity index (χ3n) is 6.61. The van der Waals surface area contributed by atoms with E-state index >= 15 is 0 Å². The van der Waals surface area contributed by atoms with Gasteiger partial charge in [0.1, 0.15) is 43.2 Å². The first-order valence-electron chi connectivity index (χ1n) is 12.8. The van der Waals surface area contributed by atoms with Gasteiger partial charge in [0.25, 0.3) is 0 Å². The molecule has 38 heavy (non-hydrogen) atoms. The van der Waals surface area contributed by atoms with Crippen LogP contribution in [0.25, 0.3) is 0 Å². The summed E-state index contributed by atoms with van der Waals surface area (Å²) in [5.41, 5.74) is 2.25. The summed E-state index contributed by atoms with van der Waals surface area (Å²) in [5.74, 6) is -1.26. The van der Waals surface area contributed by atoms with E-state index in [1.807, 2.05) is 20.8 Å². The van der Waals surface area contributed by atoms with Crippen molar-refractivity contribution in [2.45, 2.75) is 109 Å². The van der Waals surface area contributed by atoms with Crippen LogP contribution in [0.15, 0.2) is 23.3 Å². The van der Waals surface area contributed by atoms with Crippen LogP contribution in [0, 0.1) is 0 Å². The maximum absolute atomic E-state index is 12.9. The molecule has 2 aliphatic rings. The third kappa shape index (κ3) is 8.55. The van der Waals surface area contributed by atoms with Crippen molar-refractivity contribution in [3.8, 4) is 0 Å². The van der Waals surface area contributed by atoms with Crippen molar-refractivity contribution in [1.82, 2.24) is 5.32 Å². The fourth-order valence-corrected chi connectivity index (χ4v) is 4.48. The number of carbonyl (C=O) groups is 2. The minimum absolute atomic E-state index is 0.0288. The van der Waals surface area contributed by atoms with Gasteiger partial charge in [0, 0.05) is 14.0 Å². The SMILES string of the molecule is COC1C(C(=O)OC/C=C(\C)CCC=C(C)C)OC(OC2C(O)C(CO)O[C@H](C)C2NC(C)=O)C(O)C1O. The zero-order valence-electron chi connectivity index (χ0n) is 22.9. The molecular formula is C26H43NO11. The lowest BCUT2D eigenvalue weighted by Crippen LogP contribution is -2.67. The van der Waals surface area contributed by atoms with Crippen molar-refractivity contribution in [3.05, 3.63) is 23.3 Å². The summed E-state index contributed by atoms with van der Waals surface area (Å²) >= 11 is 0. The highest BCUT2D eigenvalue weighted by atomic mass is 16.7. The molecule has 0 bridgehead atoms. The van der Waals surface area contributed by atoms with Crippen LogP contribution in [0.4, 0.5) is 0 Å². The zero-order chi connectivity index (χ0) is 28.6. The highest BCUT2D eigenvalue weighted by Gasteiger charge is 2.52. The standard InChI is InChI=1S/C26H43NO11/c1-13(2)8-7-9-14(3)10-11-35-25(33)24-23(34-6)20(31)21(32)26(38-24)37-22-18(27-16(5)29)15(4)36-17(12-28)19(22)30/h8,10,15,17-24,26,28,30-32H,7,9,11-12H2,1-6H3,(H,27,29)/b14-10+/t15-,17?,18?,19?,20?,21?,22?,23?,24?,26?/m1/s1. The first kappa shape index (κ1) is 32.3. The van der Waals surface area contributed by atoms with Gasteiger partial charge < -0.3 is 49.4 Å². The van der Waals surface area contributed by atoms with Crippen LogP contribution < -0.4 is 5.32 Å². The van der Waals surface area contributed by atoms with E-state index in [1.165, 1.54) is 19.6 Å². The van der Waals surface area contributed by atoms with Gasteiger partial charge in [-0.25, -0.2) is 4.79 Å². The zero-order valence-corrected chi connectivity index (χ0v) is 22.9. The number of methoxy groups -OCH3 is 1. The van der Waals surface area contributed by atoms with Gasteiger partial charge in [0.05, 0.1) is 18.8 Å². The molecule has 10 atom stereocenters. The Bertz CT molecular complexity index is 843. The highest BCUT2D eigenvalue weighted by Crippen LogP contribution is 2.30. The van der Waals surface area contributed by atoms with E-state index in [4.69, 9.17) is 23.7 Å². The van der Waals surface area contributed by atoms with E-state index in [0.717, 1.165) is 18.4 Å². The van der Waals surface area contributed by atoms with Crippen LogP contribution in [-0.4, -0.2) is 114 Å². The normalized spacial score (nSPS) is 35.9. The predicted molar refractivity (Wildman–Crippen MR) is 135 cm³/mol. The second-order valence-corrected chi connectivity index (χ2v) is 9.99. The molecule has 0 aromatic carbocycles. The summed E-state index contributed by atoms with van der Waals surface area (Å²) in [5, 5.41) is 44.4. The van der Waals surface area contributed by atoms with E-state index < -0.39 is 79.6 Å². The molecule has 12 heteroatoms. The van der Waals surface area contributed by atoms with Gasteiger partial charge in [-0.2, -0.15) is 0 Å². The lowest BCUT2D eigenvalue weighted by atomic mass is 9.92. The van der Waals surface area contributed by atoms with Crippen molar-refractivity contribution in [2.75, 3.05) is 20.3 Å². The number of hydrogen-bond donors (Lipinski definition) is 5. The molecule has 0 saturated carbocycles. The first-order chi connectivity index (χ1) is 17.9. The number of rotatable bonds is 11. The van der Waals surface area contributed by atoms with Crippen molar-refractivity contribution in [2.24, 2.45) is 0 Å². The molecule has 2 heterocycles. The topological polar surface area (TPSA) is 173 Å². The van der Waals surface area contributed by atoms with Crippen molar-refractivity contribution in [3.63, 3.8) is 0 Å². The number of aliphatic hydroxyl groups excluding tert-OH is 4. The number of esters is 1. The first-order valence-corrected chi connectivity index (χ1v) is 12.8. The van der Waals surface area contributed by atoms with E-state index in [2.05, 4.69) is 11.4 Å². The fourth-order valence-electron chi connectivity index (χ4n) is 4.48. The van der Waals surface area contributed by atoms with Crippen LogP contribution in [0.3, 0.4) is 0 Å². The Hall–Kier alpha value is -1.90. The van der Waals surface area contributed by atoms with Gasteiger partial charge >= 0.3 is 5.97 Å². The minimum Gasteiger partial charge on any atom is -0.459 e. The van der Waals surface area contributed by atoms with E-state index in [-0.39, 0.29) is 6.61 Å². The van der Waals surface area contributed by atoms with E-state index in [1.54, 1.807) is 13.0 Å². The second kappa shape index (κ2) is 15.0. The summed E-state index contributed by atoms with van der Waals surface area (Å²) < 4.78 is 27.7. The predicted octanol–water partition coefficient (Wildman–Crippen LogP) is -0.286. The summed E-state index contributed by atoms with van der Waals surface area (Å²) in [7, 11) is 1.25. The third-order valence-corrected chi connectivity index (χ3v) is 6.61. The lowest BCUT2D eigenvalue weighted by molar-refractivity contribution is -0.328. The van der Waals surface area contributed by atoms with Crippen LogP contribution in [0.1, 0.15) is 47.5 Å². The Morgan fingerprint density at radius 3 is 2.24 bits per heavy atom. The van der Waals surface area contributed by atoms with Gasteiger partial charge in [-0.15, -0.1) is 0 Å². The lowest BCUT2D eigenvalue weighted by Gasteiger charge is -2.47. The summed E-state index contributed by atoms with van der Waals surface area (Å²) in [6.45, 7) is 8.31. The number of allylic oxidation sites excluding steroid dienone is 3. The van der Waals surface area contributed by atoms with Crippen LogP contribution in [0.5, 0.6) is 0 Å². The highest BCUT2D eigenvalue weighted by molar-refractivity contribution is 5.76. The molecule has 12 nitrogen and oxygen atoms in total. The van der Waals surface area contributed by atoms with Gasteiger partial charge in [0.2, 0.25) is 5.91 Å². The Labute approximate surface area is 223 Å². The molecule has 2 aliphatic heterocycles. The molecule has 0 aliphatic carbocycles. The number of hydrogen-bond acceptors (Lipinski definition) is 11. The molecule has 0 spiro atoms. The van der Waals surface area contributed by atoms with Gasteiger partial charge in [-0.1, -0.05) is 17.2 Å². The summed E-state index contributed by atoms with van der Waals surface area (Å²) in [6.07, 6.45) is -6.38. The Balaban J connectivity index is 2.15. The summed E-state index contributed by atoms with van der Waals surface area (Å²) in [6, 6.07) is -0.886. The molecule has 218 valence electrons. The molecular weight excluding hydrogens is 502 g/mol. The average molecular weight is 546 g/mol. The Kier molecular flexibility index (Phi) is 12.8. The molecule has 1 amide bonds. The average Bonchev–Trinajstić information content (AvgIpc) is 2.85. The molecule has 0 radical (unpaired) electrons. The van der Waals surface area contributed by atoms with Crippen LogP contribution in [0.2, 0.25) is 0 Å². The van der Waals surface area contributed by atoms with Gasteiger partial charge in [-0.05, 0) is 46.6 Å². The molecule has 2 fully saturated rings. The van der Waals surface area contributed by atoms with E-state index in [0.29, 0.717) is 0 Å². The molecule has 9 unspecified atom stereocenters. The molecule has 2 rings (SSSR count). The maximum atomic E-state index is 12.9. The van der Waals surface area contributed by atoms with Crippen LogP contribution in [-0.2, 0) is 33.3 Å². The monoisotopic (exact) mass is 545 g/mol. The van der Waals surface area contributed by atoms with Crippen molar-refractivity contribution in [1.29, 1.82) is 0 Å². The largest absolute Gasteiger partial charge is 0.459 e. The number of amides is 1. The van der Waals surface area contributed by atoms with E-state index in [9.17, 15) is 30.0 Å². The quantitative estimate of drug-likeness (QED) is 0.171. The van der Waals surface area contributed by atoms with Gasteiger partial charge in [-0.3, -0.25) is 4.79 Å². The molecule has 0 aromatic rings. The number of nitrogens with one attached hydrogen (secondary N) is 1. The minimum atomic E-state index is -1.67. The van der Waals surface area contributed by atoms with Crippen molar-refractivity contribution < 1.29 is 53.7 Å². The molecule has 5 N–H and O–H groups in total. The van der Waals surface area contributed by atoms with Gasteiger partial charge in [0.15, 0.2) is 12.4 Å². The van der Waals surface area contributed by atoms with Crippen LogP contribution >= 0.6 is 0 Å². The Morgan fingerprint density at radius 1 is 0.974 bits per heavy atom. The number of ether oxygens (including phenoxy) is 5. The summed E-state index contributed by atoms with van der Waals surface area (Å²) in [4.78, 5) is 24.7. The fraction of sp³-hybridized carbons (Fsp3) is 0.769. The second-order valence-electron chi connectivity index (χ2n) is 9.99. The Morgan fingerprint density at radius 2 is 1.66 bits per heavy atom. The molecule has 0 aromatic heterocycles. The number of carbonyl (C=O) groups excluding carboxylic acids is 2. The van der Waals surface area contributed by atoms with Crippen molar-refractivity contribution >= 4 is 11.9 Å².